The summed E-state index contributed by atoms with van der Waals surface area (Å²) >= 11 is 0. The topological polar surface area (TPSA) is 88.5 Å². The lowest BCUT2D eigenvalue weighted by atomic mass is 10.1. The van der Waals surface area contributed by atoms with Crippen molar-refractivity contribution in [2.24, 2.45) is 0 Å². The molecule has 0 atom stereocenters. The molecule has 4 rings (SSSR count). The van der Waals surface area contributed by atoms with Crippen molar-refractivity contribution in [2.75, 3.05) is 25.5 Å². The highest BCUT2D eigenvalue weighted by atomic mass is 32.2. The van der Waals surface area contributed by atoms with Crippen LogP contribution in [0.4, 0.5) is 5.69 Å². The van der Waals surface area contributed by atoms with Crippen molar-refractivity contribution in [3.05, 3.63) is 94.9 Å². The Morgan fingerprint density at radius 3 is 2.40 bits per heavy atom. The second-order valence-electron chi connectivity index (χ2n) is 8.56. The van der Waals surface area contributed by atoms with Crippen LogP contribution in [0.5, 0.6) is 0 Å². The Bertz CT molecular complexity index is 1540. The van der Waals surface area contributed by atoms with Gasteiger partial charge in [-0.1, -0.05) is 48.6 Å². The van der Waals surface area contributed by atoms with Gasteiger partial charge in [0.05, 0.1) is 10.4 Å². The van der Waals surface area contributed by atoms with E-state index < -0.39 is 20.0 Å². The first-order valence-corrected chi connectivity index (χ1v) is 14.2. The van der Waals surface area contributed by atoms with Crippen LogP contribution < -0.4 is 9.62 Å². The van der Waals surface area contributed by atoms with Crippen LogP contribution in [-0.4, -0.2) is 41.4 Å². The summed E-state index contributed by atoms with van der Waals surface area (Å²) in [4.78, 5) is 2.02. The quantitative estimate of drug-likeness (QED) is 0.492. The SMILES string of the molecule is Cc1c(S(=O)(=O)NCCc2ccc(N(C)C)cc2)n(S(=O)(=O)C2=CC=CCC=C2)c2ccccc12. The van der Waals surface area contributed by atoms with E-state index in [-0.39, 0.29) is 16.5 Å². The highest BCUT2D eigenvalue weighted by Gasteiger charge is 2.32. The number of hydrogen-bond donors (Lipinski definition) is 1. The van der Waals surface area contributed by atoms with Crippen LogP contribution >= 0.6 is 0 Å². The number of rotatable bonds is 8. The average molecular weight is 512 g/mol. The second kappa shape index (κ2) is 9.85. The first-order chi connectivity index (χ1) is 16.6. The van der Waals surface area contributed by atoms with Gasteiger partial charge in [-0.05, 0) is 61.2 Å². The lowest BCUT2D eigenvalue weighted by Crippen LogP contribution is -2.30. The molecule has 1 aliphatic rings. The molecule has 0 saturated heterocycles. The number of sulfonamides is 1. The Hall–Kier alpha value is -3.14. The molecule has 1 aromatic heterocycles. The molecule has 7 nitrogen and oxygen atoms in total. The van der Waals surface area contributed by atoms with Crippen LogP contribution in [0.15, 0.2) is 88.8 Å². The number of aryl methyl sites for hydroxylation is 1. The molecule has 9 heteroatoms. The van der Waals surface area contributed by atoms with Crippen LogP contribution in [0.2, 0.25) is 0 Å². The van der Waals surface area contributed by atoms with Crippen molar-refractivity contribution >= 4 is 36.6 Å². The van der Waals surface area contributed by atoms with Gasteiger partial charge in [0.2, 0.25) is 0 Å². The summed E-state index contributed by atoms with van der Waals surface area (Å²) in [5.41, 5.74) is 2.74. The first kappa shape index (κ1) is 25.0. The van der Waals surface area contributed by atoms with Crippen LogP contribution in [0, 0.1) is 6.92 Å². The fraction of sp³-hybridized carbons (Fsp3) is 0.231. The zero-order chi connectivity index (χ0) is 25.2. The minimum Gasteiger partial charge on any atom is -0.378 e. The molecule has 0 amide bonds. The number of allylic oxidation sites excluding steroid dienone is 5. The van der Waals surface area contributed by atoms with Crippen molar-refractivity contribution in [3.63, 3.8) is 0 Å². The van der Waals surface area contributed by atoms with E-state index in [9.17, 15) is 16.8 Å². The van der Waals surface area contributed by atoms with E-state index in [4.69, 9.17) is 0 Å². The molecule has 0 spiro atoms. The summed E-state index contributed by atoms with van der Waals surface area (Å²) in [7, 11) is -4.42. The standard InChI is InChI=1S/C26H29N3O4S2/c1-20-24-12-8-9-13-25(24)29(35(32,33)23-10-6-4-5-7-11-23)26(20)34(30,31)27-19-18-21-14-16-22(17-15-21)28(2)3/h4,6-17,27H,5,18-19H2,1-3H3. The lowest BCUT2D eigenvalue weighted by Gasteiger charge is -2.15. The van der Waals surface area contributed by atoms with Crippen molar-refractivity contribution in [1.82, 2.24) is 8.69 Å². The molecule has 0 fully saturated rings. The van der Waals surface area contributed by atoms with Gasteiger partial charge >= 0.3 is 0 Å². The van der Waals surface area contributed by atoms with Gasteiger partial charge in [0, 0.05) is 31.7 Å². The van der Waals surface area contributed by atoms with Gasteiger partial charge in [-0.15, -0.1) is 0 Å². The predicted octanol–water partition coefficient (Wildman–Crippen LogP) is 4.11. The molecule has 1 aliphatic carbocycles. The van der Waals surface area contributed by atoms with Crippen molar-refractivity contribution in [2.45, 2.75) is 24.8 Å². The van der Waals surface area contributed by atoms with Gasteiger partial charge in [0.1, 0.15) is 0 Å². The lowest BCUT2D eigenvalue weighted by molar-refractivity contribution is 0.567. The van der Waals surface area contributed by atoms with Crippen LogP contribution in [0.3, 0.4) is 0 Å². The number of benzene rings is 2. The Balaban J connectivity index is 1.72. The van der Waals surface area contributed by atoms with E-state index in [1.165, 1.54) is 12.2 Å². The number of hydrogen-bond acceptors (Lipinski definition) is 5. The van der Waals surface area contributed by atoms with Crippen LogP contribution in [0.25, 0.3) is 10.9 Å². The van der Waals surface area contributed by atoms with E-state index >= 15 is 0 Å². The Morgan fingerprint density at radius 2 is 1.69 bits per heavy atom. The first-order valence-electron chi connectivity index (χ1n) is 11.3. The van der Waals surface area contributed by atoms with Crippen LogP contribution in [-0.2, 0) is 26.5 Å². The van der Waals surface area contributed by atoms with E-state index in [1.54, 1.807) is 43.3 Å². The molecule has 0 unspecified atom stereocenters. The van der Waals surface area contributed by atoms with Crippen molar-refractivity contribution in [3.8, 4) is 0 Å². The van der Waals surface area contributed by atoms with Crippen LogP contribution in [0.1, 0.15) is 17.5 Å². The van der Waals surface area contributed by atoms with Gasteiger partial charge in [-0.2, -0.15) is 0 Å². The molecule has 1 heterocycles. The van der Waals surface area contributed by atoms with Gasteiger partial charge in [0.15, 0.2) is 5.03 Å². The minimum atomic E-state index is -4.18. The largest absolute Gasteiger partial charge is 0.378 e. The number of nitrogens with zero attached hydrogens (tertiary/aromatic N) is 2. The van der Waals surface area contributed by atoms with E-state index in [1.807, 2.05) is 49.3 Å². The number of para-hydroxylation sites is 1. The molecular formula is C26H29N3O4S2. The third-order valence-corrected chi connectivity index (χ3v) is 9.36. The average Bonchev–Trinajstić information content (AvgIpc) is 2.97. The molecule has 3 aromatic rings. The number of fused-ring (bicyclic) bond motifs is 1. The number of anilines is 1. The maximum Gasteiger partial charge on any atom is 0.269 e. The summed E-state index contributed by atoms with van der Waals surface area (Å²) < 4.78 is 58.1. The molecule has 0 saturated carbocycles. The Labute approximate surface area is 207 Å². The number of aromatic nitrogens is 1. The fourth-order valence-electron chi connectivity index (χ4n) is 4.09. The zero-order valence-corrected chi connectivity index (χ0v) is 21.6. The second-order valence-corrected chi connectivity index (χ2v) is 12.0. The van der Waals surface area contributed by atoms with E-state index in [0.717, 1.165) is 15.2 Å². The van der Waals surface area contributed by atoms with Gasteiger partial charge in [-0.3, -0.25) is 0 Å². The Morgan fingerprint density at radius 1 is 0.971 bits per heavy atom. The molecule has 0 bridgehead atoms. The van der Waals surface area contributed by atoms with Gasteiger partial charge in [-0.25, -0.2) is 25.5 Å². The normalized spacial score (nSPS) is 14.2. The van der Waals surface area contributed by atoms with Gasteiger partial charge < -0.3 is 4.90 Å². The zero-order valence-electron chi connectivity index (χ0n) is 20.0. The summed E-state index contributed by atoms with van der Waals surface area (Å²) in [5.74, 6) is 0. The molecule has 1 N–H and O–H groups in total. The van der Waals surface area contributed by atoms with Crippen molar-refractivity contribution in [1.29, 1.82) is 0 Å². The summed E-state index contributed by atoms with van der Waals surface area (Å²) in [6.45, 7) is 1.77. The fourth-order valence-corrected chi connectivity index (χ4v) is 7.52. The van der Waals surface area contributed by atoms with E-state index in [0.29, 0.717) is 29.3 Å². The summed E-state index contributed by atoms with van der Waals surface area (Å²) in [6, 6.07) is 14.7. The van der Waals surface area contributed by atoms with Crippen molar-refractivity contribution < 1.29 is 16.8 Å². The molecule has 184 valence electrons. The highest BCUT2D eigenvalue weighted by molar-refractivity contribution is 7.95. The maximum atomic E-state index is 13.7. The smallest absolute Gasteiger partial charge is 0.269 e. The maximum absolute atomic E-state index is 13.7. The minimum absolute atomic E-state index is 0.0319. The predicted molar refractivity (Wildman–Crippen MR) is 142 cm³/mol. The molecular weight excluding hydrogens is 482 g/mol. The third kappa shape index (κ3) is 4.98. The molecule has 0 aliphatic heterocycles. The third-order valence-electron chi connectivity index (χ3n) is 5.93. The Kier molecular flexibility index (Phi) is 7.02. The number of nitrogens with one attached hydrogen (secondary N) is 1. The molecule has 0 radical (unpaired) electrons. The van der Waals surface area contributed by atoms with Gasteiger partial charge in [0.25, 0.3) is 20.0 Å². The summed E-state index contributed by atoms with van der Waals surface area (Å²) in [5, 5.41) is 0.314. The molecule has 35 heavy (non-hydrogen) atoms. The monoisotopic (exact) mass is 511 g/mol. The summed E-state index contributed by atoms with van der Waals surface area (Å²) in [6.07, 6.45) is 9.31. The highest BCUT2D eigenvalue weighted by Crippen LogP contribution is 2.33. The van der Waals surface area contributed by atoms with E-state index in [2.05, 4.69) is 4.72 Å². The molecule has 2 aromatic carbocycles.